The number of benzene rings is 1. The molecule has 1 saturated carbocycles. The maximum absolute atomic E-state index is 14.3. The number of imidazole rings is 1. The van der Waals surface area contributed by atoms with Gasteiger partial charge in [0.25, 0.3) is 0 Å². The number of carbonyl (C=O) groups is 1. The summed E-state index contributed by atoms with van der Waals surface area (Å²) in [5.41, 5.74) is 0.897. The number of anilines is 1. The zero-order chi connectivity index (χ0) is 16.5. The van der Waals surface area contributed by atoms with Gasteiger partial charge in [0, 0.05) is 24.1 Å². The molecule has 0 bridgehead atoms. The summed E-state index contributed by atoms with van der Waals surface area (Å²) in [5, 5.41) is 6.28. The lowest BCUT2D eigenvalue weighted by atomic mass is 9.85. The van der Waals surface area contributed by atoms with Gasteiger partial charge in [0.2, 0.25) is 5.91 Å². The fourth-order valence-corrected chi connectivity index (χ4v) is 3.95. The molecule has 3 atom stereocenters. The van der Waals surface area contributed by atoms with Crippen molar-refractivity contribution in [3.63, 3.8) is 0 Å². The minimum Gasteiger partial charge on any atom is -0.325 e. The topological polar surface area (TPSA) is 59.0 Å². The zero-order valence-electron chi connectivity index (χ0n) is 14.2. The van der Waals surface area contributed by atoms with E-state index < -0.39 is 0 Å². The highest BCUT2D eigenvalue weighted by molar-refractivity contribution is 5.95. The van der Waals surface area contributed by atoms with Gasteiger partial charge in [0.15, 0.2) is 0 Å². The van der Waals surface area contributed by atoms with Crippen molar-refractivity contribution in [3.8, 4) is 5.69 Å². The highest BCUT2D eigenvalue weighted by atomic mass is 35.5. The van der Waals surface area contributed by atoms with E-state index in [1.165, 1.54) is 25.3 Å². The van der Waals surface area contributed by atoms with E-state index in [1.807, 2.05) is 0 Å². The molecule has 0 spiro atoms. The van der Waals surface area contributed by atoms with Crippen LogP contribution in [0.4, 0.5) is 10.1 Å². The second kappa shape index (κ2) is 8.84. The third kappa shape index (κ3) is 4.19. The van der Waals surface area contributed by atoms with Crippen LogP contribution in [0.3, 0.4) is 0 Å². The summed E-state index contributed by atoms with van der Waals surface area (Å²) in [4.78, 5) is 16.4. The Balaban J connectivity index is 0.00000121. The molecular formula is C18H23Cl2FN4O. The van der Waals surface area contributed by atoms with Crippen LogP contribution in [0.5, 0.6) is 0 Å². The van der Waals surface area contributed by atoms with Gasteiger partial charge in [0.1, 0.15) is 5.82 Å². The molecular weight excluding hydrogens is 378 g/mol. The van der Waals surface area contributed by atoms with Crippen LogP contribution in [0, 0.1) is 11.7 Å². The normalized spacial score (nSPS) is 24.1. The predicted molar refractivity (Wildman–Crippen MR) is 104 cm³/mol. The van der Waals surface area contributed by atoms with Crippen molar-refractivity contribution in [2.45, 2.75) is 44.2 Å². The smallest absolute Gasteiger partial charge is 0.241 e. The van der Waals surface area contributed by atoms with Gasteiger partial charge in [-0.1, -0.05) is 12.8 Å². The number of amides is 1. The summed E-state index contributed by atoms with van der Waals surface area (Å²) in [6, 6.07) is 5.02. The Bertz CT molecular complexity index is 727. The highest BCUT2D eigenvalue weighted by Crippen LogP contribution is 2.33. The molecule has 26 heavy (non-hydrogen) atoms. The number of nitrogens with one attached hydrogen (secondary N) is 2. The fraction of sp³-hybridized carbons (Fsp3) is 0.444. The molecule has 142 valence electrons. The summed E-state index contributed by atoms with van der Waals surface area (Å²) in [7, 11) is 0. The first-order valence-electron chi connectivity index (χ1n) is 8.55. The molecule has 2 aliphatic rings. The van der Waals surface area contributed by atoms with Crippen LogP contribution in [0.25, 0.3) is 5.69 Å². The summed E-state index contributed by atoms with van der Waals surface area (Å²) in [5.74, 6) is 0.146. The Morgan fingerprint density at radius 1 is 1.27 bits per heavy atom. The maximum Gasteiger partial charge on any atom is 0.241 e. The number of halogens is 3. The minimum absolute atomic E-state index is 0. The number of nitrogens with zero attached hydrogens (tertiary/aromatic N) is 2. The zero-order valence-corrected chi connectivity index (χ0v) is 15.9. The number of fused-ring (bicyclic) bond motifs is 1. The van der Waals surface area contributed by atoms with Crippen molar-refractivity contribution < 1.29 is 9.18 Å². The molecule has 2 heterocycles. The summed E-state index contributed by atoms with van der Waals surface area (Å²) in [6.07, 6.45) is 10.6. The number of aromatic nitrogens is 2. The molecule has 3 unspecified atom stereocenters. The number of hydrogen-bond acceptors (Lipinski definition) is 3. The molecule has 2 N–H and O–H groups in total. The minimum atomic E-state index is -0.390. The average Bonchev–Trinajstić information content (AvgIpc) is 3.24. The van der Waals surface area contributed by atoms with Crippen molar-refractivity contribution in [2.75, 3.05) is 5.32 Å². The largest absolute Gasteiger partial charge is 0.325 e. The van der Waals surface area contributed by atoms with E-state index in [9.17, 15) is 9.18 Å². The average molecular weight is 401 g/mol. The molecule has 1 aromatic heterocycles. The van der Waals surface area contributed by atoms with Gasteiger partial charge < -0.3 is 15.2 Å². The Morgan fingerprint density at radius 2 is 2.08 bits per heavy atom. The quantitative estimate of drug-likeness (QED) is 0.825. The van der Waals surface area contributed by atoms with Crippen molar-refractivity contribution in [1.29, 1.82) is 0 Å². The van der Waals surface area contributed by atoms with Gasteiger partial charge in [-0.3, -0.25) is 4.79 Å². The van der Waals surface area contributed by atoms with Crippen LogP contribution in [0.2, 0.25) is 0 Å². The third-order valence-electron chi connectivity index (χ3n) is 5.18. The van der Waals surface area contributed by atoms with Gasteiger partial charge in [-0.15, -0.1) is 24.8 Å². The third-order valence-corrected chi connectivity index (χ3v) is 5.18. The van der Waals surface area contributed by atoms with E-state index in [2.05, 4.69) is 15.6 Å². The Labute approximate surface area is 164 Å². The number of carbonyl (C=O) groups excluding carboxylic acids is 1. The first kappa shape index (κ1) is 20.7. The summed E-state index contributed by atoms with van der Waals surface area (Å²) < 4.78 is 15.9. The van der Waals surface area contributed by atoms with Crippen molar-refractivity contribution in [2.24, 2.45) is 5.92 Å². The molecule has 2 fully saturated rings. The molecule has 2 aromatic rings. The molecule has 1 saturated heterocycles. The molecule has 5 nitrogen and oxygen atoms in total. The Hall–Kier alpha value is -1.63. The molecule has 0 radical (unpaired) electrons. The van der Waals surface area contributed by atoms with E-state index >= 15 is 0 Å². The second-order valence-electron chi connectivity index (χ2n) is 6.73. The van der Waals surface area contributed by atoms with Gasteiger partial charge in [-0.2, -0.15) is 0 Å². The fourth-order valence-electron chi connectivity index (χ4n) is 3.95. The van der Waals surface area contributed by atoms with Crippen LogP contribution >= 0.6 is 24.8 Å². The monoisotopic (exact) mass is 400 g/mol. The van der Waals surface area contributed by atoms with Crippen LogP contribution in [0.15, 0.2) is 36.9 Å². The molecule has 1 aliphatic heterocycles. The first-order valence-corrected chi connectivity index (χ1v) is 8.55. The van der Waals surface area contributed by atoms with Crippen LogP contribution in [-0.4, -0.2) is 27.5 Å². The Morgan fingerprint density at radius 3 is 2.77 bits per heavy atom. The van der Waals surface area contributed by atoms with E-state index in [0.717, 1.165) is 12.8 Å². The summed E-state index contributed by atoms with van der Waals surface area (Å²) in [6.45, 7) is 0. The lowest BCUT2D eigenvalue weighted by Crippen LogP contribution is -2.39. The predicted octanol–water partition coefficient (Wildman–Crippen LogP) is 3.71. The molecule has 4 rings (SSSR count). The van der Waals surface area contributed by atoms with Crippen LogP contribution in [0.1, 0.15) is 32.1 Å². The lowest BCUT2D eigenvalue weighted by molar-refractivity contribution is -0.117. The standard InChI is InChI=1S/C18H21FN4O.2ClH/c19-14-10-13(5-6-17(14)23-8-7-20-11-23)21-18(24)16-9-12-3-1-2-4-15(12)22-16;;/h5-8,10-12,15-16,22H,1-4,9H2,(H,21,24);2*1H. The van der Waals surface area contributed by atoms with Crippen LogP contribution < -0.4 is 10.6 Å². The van der Waals surface area contributed by atoms with E-state index in [4.69, 9.17) is 0 Å². The van der Waals surface area contributed by atoms with Gasteiger partial charge in [-0.25, -0.2) is 9.37 Å². The summed E-state index contributed by atoms with van der Waals surface area (Å²) >= 11 is 0. The molecule has 1 aliphatic carbocycles. The van der Waals surface area contributed by atoms with E-state index in [1.54, 1.807) is 35.4 Å². The lowest BCUT2D eigenvalue weighted by Gasteiger charge is -2.24. The molecule has 1 amide bonds. The highest BCUT2D eigenvalue weighted by Gasteiger charge is 2.38. The molecule has 8 heteroatoms. The number of hydrogen-bond donors (Lipinski definition) is 2. The van der Waals surface area contributed by atoms with E-state index in [-0.39, 0.29) is 42.6 Å². The van der Waals surface area contributed by atoms with Gasteiger partial charge >= 0.3 is 0 Å². The van der Waals surface area contributed by atoms with Crippen LogP contribution in [-0.2, 0) is 4.79 Å². The first-order chi connectivity index (χ1) is 11.7. The molecule has 1 aromatic carbocycles. The van der Waals surface area contributed by atoms with Gasteiger partial charge in [0.05, 0.1) is 18.1 Å². The van der Waals surface area contributed by atoms with Crippen molar-refractivity contribution in [1.82, 2.24) is 14.9 Å². The SMILES string of the molecule is Cl.Cl.O=C(Nc1ccc(-n2ccnc2)c(F)c1)C1CC2CCCCC2N1. The van der Waals surface area contributed by atoms with E-state index in [0.29, 0.717) is 23.3 Å². The van der Waals surface area contributed by atoms with Crippen molar-refractivity contribution in [3.05, 3.63) is 42.7 Å². The van der Waals surface area contributed by atoms with Crippen molar-refractivity contribution >= 4 is 36.4 Å². The number of rotatable bonds is 3. The Kier molecular flexibility index (Phi) is 7.03. The van der Waals surface area contributed by atoms with Gasteiger partial charge in [-0.05, 0) is 43.4 Å². The maximum atomic E-state index is 14.3. The second-order valence-corrected chi connectivity index (χ2v) is 6.73.